The molecule has 0 bridgehead atoms. The van der Waals surface area contributed by atoms with E-state index in [2.05, 4.69) is 27.9 Å². The second kappa shape index (κ2) is 5.14. The number of aryl methyl sites for hydroxylation is 2. The number of nitrogens with one attached hydrogen (secondary N) is 1. The molecule has 1 N–H and O–H groups in total. The number of anilines is 1. The Balaban J connectivity index is 2.27. The van der Waals surface area contributed by atoms with Crippen molar-refractivity contribution in [2.75, 3.05) is 5.32 Å². The van der Waals surface area contributed by atoms with E-state index in [1.165, 1.54) is 0 Å². The van der Waals surface area contributed by atoms with Gasteiger partial charge in [-0.05, 0) is 66.3 Å². The molecule has 0 spiro atoms. The van der Waals surface area contributed by atoms with Gasteiger partial charge in [0.15, 0.2) is 0 Å². The van der Waals surface area contributed by atoms with Crippen LogP contribution in [0.1, 0.15) is 21.7 Å². The van der Waals surface area contributed by atoms with Crippen molar-refractivity contribution in [2.45, 2.75) is 13.8 Å². The standard InChI is InChI=1S/C14H15IN2O/c1-9-4-6-11(15)8-12(9)16-14(18)13-7-5-10(2)17(13)3/h4-8H,1-3H3,(H,16,18). The molecule has 2 rings (SSSR count). The lowest BCUT2D eigenvalue weighted by molar-refractivity contribution is 0.101. The van der Waals surface area contributed by atoms with Crippen molar-refractivity contribution in [1.29, 1.82) is 0 Å². The Bertz CT molecular complexity index is 602. The average Bonchev–Trinajstić information content (AvgIpc) is 2.65. The van der Waals surface area contributed by atoms with Crippen LogP contribution in [0.4, 0.5) is 5.69 Å². The zero-order valence-corrected chi connectivity index (χ0v) is 12.8. The van der Waals surface area contributed by atoms with Crippen LogP contribution in [0.5, 0.6) is 0 Å². The van der Waals surface area contributed by atoms with Crippen LogP contribution in [-0.4, -0.2) is 10.5 Å². The first kappa shape index (κ1) is 13.1. The van der Waals surface area contributed by atoms with E-state index in [0.717, 1.165) is 20.5 Å². The van der Waals surface area contributed by atoms with E-state index >= 15 is 0 Å². The van der Waals surface area contributed by atoms with E-state index in [1.54, 1.807) is 0 Å². The molecular formula is C14H15IN2O. The molecule has 94 valence electrons. The zero-order valence-electron chi connectivity index (χ0n) is 10.6. The van der Waals surface area contributed by atoms with Gasteiger partial charge in [0.1, 0.15) is 5.69 Å². The molecule has 1 aromatic carbocycles. The van der Waals surface area contributed by atoms with Gasteiger partial charge < -0.3 is 9.88 Å². The van der Waals surface area contributed by atoms with Crippen molar-refractivity contribution >= 4 is 34.2 Å². The van der Waals surface area contributed by atoms with Crippen LogP contribution in [0, 0.1) is 17.4 Å². The summed E-state index contributed by atoms with van der Waals surface area (Å²) in [6.07, 6.45) is 0. The fraction of sp³-hybridized carbons (Fsp3) is 0.214. The highest BCUT2D eigenvalue weighted by atomic mass is 127. The van der Waals surface area contributed by atoms with E-state index in [0.29, 0.717) is 5.69 Å². The Labute approximate surface area is 120 Å². The number of nitrogens with zero attached hydrogens (tertiary/aromatic N) is 1. The van der Waals surface area contributed by atoms with Crippen LogP contribution < -0.4 is 5.32 Å². The number of halogens is 1. The highest BCUT2D eigenvalue weighted by Crippen LogP contribution is 2.19. The molecule has 0 aliphatic rings. The fourth-order valence-electron chi connectivity index (χ4n) is 1.76. The third-order valence-corrected chi connectivity index (χ3v) is 3.72. The van der Waals surface area contributed by atoms with Crippen LogP contribution in [0.3, 0.4) is 0 Å². The number of carbonyl (C=O) groups excluding carboxylic acids is 1. The summed E-state index contributed by atoms with van der Waals surface area (Å²) in [7, 11) is 1.89. The molecule has 1 aromatic heterocycles. The maximum absolute atomic E-state index is 12.2. The summed E-state index contributed by atoms with van der Waals surface area (Å²) in [5, 5.41) is 2.96. The van der Waals surface area contributed by atoms with Gasteiger partial charge in [0.05, 0.1) is 0 Å². The first-order chi connectivity index (χ1) is 8.49. The van der Waals surface area contributed by atoms with Gasteiger partial charge in [-0.2, -0.15) is 0 Å². The minimum Gasteiger partial charge on any atom is -0.344 e. The summed E-state index contributed by atoms with van der Waals surface area (Å²) in [5.41, 5.74) is 3.67. The predicted octanol–water partition coefficient (Wildman–Crippen LogP) is 3.50. The topological polar surface area (TPSA) is 34.0 Å². The minimum absolute atomic E-state index is 0.0734. The van der Waals surface area contributed by atoms with Gasteiger partial charge in [-0.25, -0.2) is 0 Å². The number of rotatable bonds is 2. The van der Waals surface area contributed by atoms with Crippen LogP contribution in [0.25, 0.3) is 0 Å². The molecule has 0 saturated heterocycles. The van der Waals surface area contributed by atoms with E-state index in [4.69, 9.17) is 0 Å². The summed E-state index contributed by atoms with van der Waals surface area (Å²) in [5.74, 6) is -0.0734. The van der Waals surface area contributed by atoms with Gasteiger partial charge in [0, 0.05) is 22.0 Å². The fourth-order valence-corrected chi connectivity index (χ4v) is 2.25. The van der Waals surface area contributed by atoms with Crippen molar-refractivity contribution < 1.29 is 4.79 Å². The Morgan fingerprint density at radius 2 is 1.94 bits per heavy atom. The SMILES string of the molecule is Cc1ccc(I)cc1NC(=O)c1ccc(C)n1C. The lowest BCUT2D eigenvalue weighted by Crippen LogP contribution is -2.16. The second-order valence-electron chi connectivity index (χ2n) is 4.33. The van der Waals surface area contributed by atoms with Crippen molar-refractivity contribution in [3.8, 4) is 0 Å². The van der Waals surface area contributed by atoms with Crippen LogP contribution >= 0.6 is 22.6 Å². The summed E-state index contributed by atoms with van der Waals surface area (Å²) in [4.78, 5) is 12.2. The predicted molar refractivity (Wildman–Crippen MR) is 82.0 cm³/mol. The van der Waals surface area contributed by atoms with Gasteiger partial charge in [-0.3, -0.25) is 4.79 Å². The molecule has 1 amide bonds. The van der Waals surface area contributed by atoms with Crippen LogP contribution in [-0.2, 0) is 7.05 Å². The normalized spacial score (nSPS) is 10.4. The lowest BCUT2D eigenvalue weighted by atomic mass is 10.2. The first-order valence-corrected chi connectivity index (χ1v) is 6.77. The van der Waals surface area contributed by atoms with Gasteiger partial charge in [0.2, 0.25) is 0 Å². The van der Waals surface area contributed by atoms with Gasteiger partial charge >= 0.3 is 0 Å². The molecule has 0 unspecified atom stereocenters. The Kier molecular flexibility index (Phi) is 3.75. The number of carbonyl (C=O) groups is 1. The highest BCUT2D eigenvalue weighted by Gasteiger charge is 2.12. The molecule has 3 nitrogen and oxygen atoms in total. The Hall–Kier alpha value is -1.30. The van der Waals surface area contributed by atoms with Gasteiger partial charge in [0.25, 0.3) is 5.91 Å². The smallest absolute Gasteiger partial charge is 0.272 e. The first-order valence-electron chi connectivity index (χ1n) is 5.69. The summed E-state index contributed by atoms with van der Waals surface area (Å²) < 4.78 is 3.00. The highest BCUT2D eigenvalue weighted by molar-refractivity contribution is 14.1. The summed E-state index contributed by atoms with van der Waals surface area (Å²) in [6.45, 7) is 3.97. The van der Waals surface area contributed by atoms with E-state index in [-0.39, 0.29) is 5.91 Å². The van der Waals surface area contributed by atoms with Crippen molar-refractivity contribution in [1.82, 2.24) is 4.57 Å². The lowest BCUT2D eigenvalue weighted by Gasteiger charge is -2.10. The molecule has 0 aliphatic heterocycles. The molecule has 0 atom stereocenters. The molecule has 4 heteroatoms. The van der Waals surface area contributed by atoms with E-state index < -0.39 is 0 Å². The number of amides is 1. The largest absolute Gasteiger partial charge is 0.344 e. The Morgan fingerprint density at radius 1 is 1.22 bits per heavy atom. The van der Waals surface area contributed by atoms with E-state index in [1.807, 2.05) is 55.8 Å². The summed E-state index contributed by atoms with van der Waals surface area (Å²) >= 11 is 2.24. The van der Waals surface area contributed by atoms with Crippen LogP contribution in [0.2, 0.25) is 0 Å². The summed E-state index contributed by atoms with van der Waals surface area (Å²) in [6, 6.07) is 9.79. The third-order valence-electron chi connectivity index (χ3n) is 3.05. The number of aromatic nitrogens is 1. The molecule has 2 aromatic rings. The molecule has 1 heterocycles. The minimum atomic E-state index is -0.0734. The van der Waals surface area contributed by atoms with Crippen molar-refractivity contribution in [2.24, 2.45) is 7.05 Å². The van der Waals surface area contributed by atoms with Crippen molar-refractivity contribution in [3.63, 3.8) is 0 Å². The molecular weight excluding hydrogens is 339 g/mol. The molecule has 18 heavy (non-hydrogen) atoms. The molecule has 0 saturated carbocycles. The number of hydrogen-bond donors (Lipinski definition) is 1. The second-order valence-corrected chi connectivity index (χ2v) is 5.58. The number of benzene rings is 1. The maximum Gasteiger partial charge on any atom is 0.272 e. The maximum atomic E-state index is 12.2. The van der Waals surface area contributed by atoms with Crippen molar-refractivity contribution in [3.05, 3.63) is 50.9 Å². The van der Waals surface area contributed by atoms with E-state index in [9.17, 15) is 4.79 Å². The molecule has 0 radical (unpaired) electrons. The Morgan fingerprint density at radius 3 is 2.56 bits per heavy atom. The van der Waals surface area contributed by atoms with Crippen LogP contribution in [0.15, 0.2) is 30.3 Å². The molecule has 0 fully saturated rings. The number of hydrogen-bond acceptors (Lipinski definition) is 1. The molecule has 0 aliphatic carbocycles. The zero-order chi connectivity index (χ0) is 13.3. The van der Waals surface area contributed by atoms with Gasteiger partial charge in [-0.15, -0.1) is 0 Å². The quantitative estimate of drug-likeness (QED) is 0.823. The monoisotopic (exact) mass is 354 g/mol. The van der Waals surface area contributed by atoms with Gasteiger partial charge in [-0.1, -0.05) is 6.07 Å². The third kappa shape index (κ3) is 2.58. The average molecular weight is 354 g/mol.